The molecule has 0 atom stereocenters. The van der Waals surface area contributed by atoms with Crippen molar-refractivity contribution in [2.45, 2.75) is 4.90 Å². The quantitative estimate of drug-likeness (QED) is 0.680. The largest absolute Gasteiger partial charge is 0.322 e. The SMILES string of the molecule is CS(=O)(=O)c1cccc(C(=O)Nc2ccc(F)c([N+](=O)[O-])c2)c1. The smallest absolute Gasteiger partial charge is 0.306 e. The molecule has 7 nitrogen and oxygen atoms in total. The number of nitro benzene ring substituents is 1. The number of sulfone groups is 1. The van der Waals surface area contributed by atoms with Gasteiger partial charge < -0.3 is 5.32 Å². The summed E-state index contributed by atoms with van der Waals surface area (Å²) < 4.78 is 36.2. The Balaban J connectivity index is 2.30. The summed E-state index contributed by atoms with van der Waals surface area (Å²) in [5.41, 5.74) is -0.694. The minimum atomic E-state index is -3.47. The second kappa shape index (κ2) is 6.13. The predicted octanol–water partition coefficient (Wildman–Crippen LogP) is 2.39. The molecule has 0 aliphatic rings. The molecule has 0 unspecified atom stereocenters. The van der Waals surface area contributed by atoms with E-state index in [2.05, 4.69) is 5.32 Å². The van der Waals surface area contributed by atoms with Crippen molar-refractivity contribution in [2.75, 3.05) is 11.6 Å². The van der Waals surface area contributed by atoms with Crippen molar-refractivity contribution in [3.8, 4) is 0 Å². The van der Waals surface area contributed by atoms with E-state index in [0.29, 0.717) is 0 Å². The molecule has 23 heavy (non-hydrogen) atoms. The fourth-order valence-corrected chi connectivity index (χ4v) is 2.47. The van der Waals surface area contributed by atoms with E-state index in [1.54, 1.807) is 0 Å². The van der Waals surface area contributed by atoms with E-state index in [0.717, 1.165) is 18.4 Å². The van der Waals surface area contributed by atoms with Crippen molar-refractivity contribution in [3.05, 3.63) is 64.0 Å². The summed E-state index contributed by atoms with van der Waals surface area (Å²) in [4.78, 5) is 21.8. The zero-order valence-electron chi connectivity index (χ0n) is 11.8. The maximum absolute atomic E-state index is 13.2. The molecule has 0 aromatic heterocycles. The van der Waals surface area contributed by atoms with Crippen LogP contribution in [-0.4, -0.2) is 25.5 Å². The molecule has 0 bridgehead atoms. The van der Waals surface area contributed by atoms with Gasteiger partial charge in [0.2, 0.25) is 5.82 Å². The normalized spacial score (nSPS) is 11.0. The number of amides is 1. The van der Waals surface area contributed by atoms with Gasteiger partial charge in [0, 0.05) is 23.6 Å². The van der Waals surface area contributed by atoms with E-state index in [1.807, 2.05) is 0 Å². The molecule has 0 radical (unpaired) electrons. The first kappa shape index (κ1) is 16.6. The number of carbonyl (C=O) groups is 1. The van der Waals surface area contributed by atoms with E-state index >= 15 is 0 Å². The van der Waals surface area contributed by atoms with Gasteiger partial charge in [-0.3, -0.25) is 14.9 Å². The maximum atomic E-state index is 13.2. The van der Waals surface area contributed by atoms with Crippen LogP contribution in [0.15, 0.2) is 47.4 Å². The number of anilines is 1. The summed E-state index contributed by atoms with van der Waals surface area (Å²) in [6.07, 6.45) is 1.01. The summed E-state index contributed by atoms with van der Waals surface area (Å²) in [5.74, 6) is -1.69. The van der Waals surface area contributed by atoms with Crippen molar-refractivity contribution in [3.63, 3.8) is 0 Å². The third-order valence-corrected chi connectivity index (χ3v) is 4.04. The number of nitro groups is 1. The number of nitrogens with zero attached hydrogens (tertiary/aromatic N) is 1. The van der Waals surface area contributed by atoms with E-state index in [4.69, 9.17) is 0 Å². The second-order valence-corrected chi connectivity index (χ2v) is 6.69. The van der Waals surface area contributed by atoms with Crippen molar-refractivity contribution < 1.29 is 22.5 Å². The first-order valence-corrected chi connectivity index (χ1v) is 8.13. The van der Waals surface area contributed by atoms with Crippen LogP contribution in [0.4, 0.5) is 15.8 Å². The Hall–Kier alpha value is -2.81. The molecular weight excluding hydrogens is 327 g/mol. The molecule has 0 aliphatic carbocycles. The van der Waals surface area contributed by atoms with E-state index in [9.17, 15) is 27.7 Å². The summed E-state index contributed by atoms with van der Waals surface area (Å²) >= 11 is 0. The lowest BCUT2D eigenvalue weighted by Gasteiger charge is -2.07. The van der Waals surface area contributed by atoms with Gasteiger partial charge in [-0.2, -0.15) is 4.39 Å². The van der Waals surface area contributed by atoms with Gasteiger partial charge in [-0.05, 0) is 30.3 Å². The van der Waals surface area contributed by atoms with Crippen LogP contribution in [0.5, 0.6) is 0 Å². The Morgan fingerprint density at radius 1 is 1.22 bits per heavy atom. The molecule has 0 saturated carbocycles. The molecule has 0 spiro atoms. The summed E-state index contributed by atoms with van der Waals surface area (Å²) in [6.45, 7) is 0. The zero-order valence-corrected chi connectivity index (χ0v) is 12.6. The lowest BCUT2D eigenvalue weighted by molar-refractivity contribution is -0.387. The molecular formula is C14H11FN2O5S. The fraction of sp³-hybridized carbons (Fsp3) is 0.0714. The molecule has 2 aromatic rings. The molecule has 0 fully saturated rings. The van der Waals surface area contributed by atoms with Gasteiger partial charge in [0.15, 0.2) is 9.84 Å². The Labute approximate surface area is 130 Å². The van der Waals surface area contributed by atoms with Crippen LogP contribution in [-0.2, 0) is 9.84 Å². The van der Waals surface area contributed by atoms with Crippen LogP contribution >= 0.6 is 0 Å². The number of hydrogen-bond donors (Lipinski definition) is 1. The summed E-state index contributed by atoms with van der Waals surface area (Å²) in [7, 11) is -3.47. The number of halogens is 1. The highest BCUT2D eigenvalue weighted by molar-refractivity contribution is 7.90. The van der Waals surface area contributed by atoms with E-state index < -0.39 is 32.2 Å². The number of rotatable bonds is 4. The highest BCUT2D eigenvalue weighted by Crippen LogP contribution is 2.22. The second-order valence-electron chi connectivity index (χ2n) is 4.68. The predicted molar refractivity (Wildman–Crippen MR) is 80.6 cm³/mol. The van der Waals surface area contributed by atoms with Gasteiger partial charge >= 0.3 is 5.69 Å². The minimum absolute atomic E-state index is 0.0212. The zero-order chi connectivity index (χ0) is 17.2. The molecule has 120 valence electrons. The van der Waals surface area contributed by atoms with Crippen LogP contribution in [0.25, 0.3) is 0 Å². The van der Waals surface area contributed by atoms with Crippen molar-refractivity contribution in [1.82, 2.24) is 0 Å². The van der Waals surface area contributed by atoms with Crippen LogP contribution in [0.2, 0.25) is 0 Å². The monoisotopic (exact) mass is 338 g/mol. The topological polar surface area (TPSA) is 106 Å². The molecule has 0 heterocycles. The number of nitrogens with one attached hydrogen (secondary N) is 1. The average molecular weight is 338 g/mol. The Bertz CT molecular complexity index is 896. The van der Waals surface area contributed by atoms with Crippen molar-refractivity contribution >= 4 is 27.1 Å². The van der Waals surface area contributed by atoms with Gasteiger partial charge in [-0.1, -0.05) is 6.07 Å². The first-order chi connectivity index (χ1) is 10.7. The highest BCUT2D eigenvalue weighted by atomic mass is 32.2. The molecule has 0 saturated heterocycles. The highest BCUT2D eigenvalue weighted by Gasteiger charge is 2.16. The number of hydrogen-bond acceptors (Lipinski definition) is 5. The first-order valence-electron chi connectivity index (χ1n) is 6.24. The Morgan fingerprint density at radius 3 is 2.52 bits per heavy atom. The van der Waals surface area contributed by atoms with E-state index in [-0.39, 0.29) is 16.1 Å². The number of carbonyl (C=O) groups excluding carboxylic acids is 1. The van der Waals surface area contributed by atoms with Crippen LogP contribution in [0.3, 0.4) is 0 Å². The Kier molecular flexibility index (Phi) is 4.41. The maximum Gasteiger partial charge on any atom is 0.306 e. The van der Waals surface area contributed by atoms with E-state index in [1.165, 1.54) is 30.3 Å². The average Bonchev–Trinajstić information content (AvgIpc) is 2.48. The number of benzene rings is 2. The lowest BCUT2D eigenvalue weighted by atomic mass is 10.2. The van der Waals surface area contributed by atoms with Crippen molar-refractivity contribution in [1.29, 1.82) is 0 Å². The molecule has 1 N–H and O–H groups in total. The molecule has 2 aromatic carbocycles. The van der Waals surface area contributed by atoms with Crippen molar-refractivity contribution in [2.24, 2.45) is 0 Å². The fourth-order valence-electron chi connectivity index (χ4n) is 1.80. The van der Waals surface area contributed by atoms with Crippen LogP contribution in [0, 0.1) is 15.9 Å². The molecule has 9 heteroatoms. The summed E-state index contributed by atoms with van der Waals surface area (Å²) in [6, 6.07) is 8.23. The Morgan fingerprint density at radius 2 is 1.91 bits per heavy atom. The molecule has 2 rings (SSSR count). The standard InChI is InChI=1S/C14H11FN2O5S/c1-23(21,22)11-4-2-3-9(7-11)14(18)16-10-5-6-12(15)13(8-10)17(19)20/h2-8H,1H3,(H,16,18). The van der Waals surface area contributed by atoms with Gasteiger partial charge in [-0.25, -0.2) is 8.42 Å². The van der Waals surface area contributed by atoms with Crippen LogP contribution < -0.4 is 5.32 Å². The third-order valence-electron chi connectivity index (χ3n) is 2.93. The van der Waals surface area contributed by atoms with Gasteiger partial charge in [-0.15, -0.1) is 0 Å². The van der Waals surface area contributed by atoms with Crippen LogP contribution in [0.1, 0.15) is 10.4 Å². The molecule has 1 amide bonds. The third kappa shape index (κ3) is 3.89. The van der Waals surface area contributed by atoms with Gasteiger partial charge in [0.05, 0.1) is 9.82 Å². The molecule has 0 aliphatic heterocycles. The van der Waals surface area contributed by atoms with Gasteiger partial charge in [0.25, 0.3) is 5.91 Å². The summed E-state index contributed by atoms with van der Waals surface area (Å²) in [5, 5.41) is 13.0. The lowest BCUT2D eigenvalue weighted by Crippen LogP contribution is -2.13. The van der Waals surface area contributed by atoms with Gasteiger partial charge in [0.1, 0.15) is 0 Å². The minimum Gasteiger partial charge on any atom is -0.322 e.